The van der Waals surface area contributed by atoms with Gasteiger partial charge in [-0.15, -0.1) is 11.8 Å². The molecule has 4 rings (SSSR count). The van der Waals surface area contributed by atoms with Crippen molar-refractivity contribution in [3.63, 3.8) is 0 Å². The second-order valence-corrected chi connectivity index (χ2v) is 8.85. The summed E-state index contributed by atoms with van der Waals surface area (Å²) in [5, 5.41) is 2.97. The van der Waals surface area contributed by atoms with Crippen LogP contribution in [-0.2, 0) is 11.3 Å². The van der Waals surface area contributed by atoms with Crippen LogP contribution in [0.25, 0.3) is 0 Å². The molecule has 8 heteroatoms. The molecule has 0 aliphatic carbocycles. The quantitative estimate of drug-likeness (QED) is 0.589. The molecule has 1 aromatic heterocycles. The summed E-state index contributed by atoms with van der Waals surface area (Å²) in [4.78, 5) is 34.1. The van der Waals surface area contributed by atoms with Crippen LogP contribution in [0.3, 0.4) is 0 Å². The van der Waals surface area contributed by atoms with Crippen molar-refractivity contribution in [1.82, 2.24) is 9.88 Å². The van der Waals surface area contributed by atoms with E-state index in [1.54, 1.807) is 55.6 Å². The van der Waals surface area contributed by atoms with Crippen molar-refractivity contribution in [2.24, 2.45) is 0 Å². The Bertz CT molecular complexity index is 1170. The molecule has 1 atom stereocenters. The number of hydrogen-bond donors (Lipinski definition) is 1. The van der Waals surface area contributed by atoms with Crippen LogP contribution in [0.15, 0.2) is 71.9 Å². The molecule has 0 saturated carbocycles. The summed E-state index contributed by atoms with van der Waals surface area (Å²) in [6.45, 7) is 2.05. The number of nitrogens with zero attached hydrogens (tertiary/aromatic N) is 2. The zero-order valence-corrected chi connectivity index (χ0v) is 19.5. The predicted octanol–water partition coefficient (Wildman–Crippen LogP) is 4.24. The summed E-state index contributed by atoms with van der Waals surface area (Å²) >= 11 is 1.50. The lowest BCUT2D eigenvalue weighted by Gasteiger charge is -2.38. The van der Waals surface area contributed by atoms with Crippen LogP contribution in [0.1, 0.15) is 22.8 Å². The molecular weight excluding hydrogens is 438 g/mol. The lowest BCUT2D eigenvalue weighted by atomic mass is 9.98. The Balaban J connectivity index is 1.72. The second kappa shape index (κ2) is 9.54. The van der Waals surface area contributed by atoms with Crippen molar-refractivity contribution in [3.8, 4) is 11.5 Å². The standard InChI is InChI=1S/C25H25N3O4S/c1-25(24(30)27-20-11-10-18(31-2)13-21(20)32-3)16-33-22-9-5-4-8-19(22)23(29)28(25)15-17-7-6-12-26-14-17/h4-14H,15-16H2,1-3H3,(H,27,30). The Hall–Kier alpha value is -3.52. The van der Waals surface area contributed by atoms with Gasteiger partial charge in [-0.2, -0.15) is 0 Å². The first-order valence-corrected chi connectivity index (χ1v) is 11.4. The van der Waals surface area contributed by atoms with Gasteiger partial charge in [-0.1, -0.05) is 18.2 Å². The molecule has 1 aliphatic heterocycles. The molecule has 1 aliphatic rings. The van der Waals surface area contributed by atoms with Gasteiger partial charge in [0.1, 0.15) is 17.0 Å². The number of benzene rings is 2. The molecular formula is C25H25N3O4S. The third-order valence-electron chi connectivity index (χ3n) is 5.68. The molecule has 2 heterocycles. The lowest BCUT2D eigenvalue weighted by Crippen LogP contribution is -2.57. The monoisotopic (exact) mass is 463 g/mol. The van der Waals surface area contributed by atoms with E-state index in [-0.39, 0.29) is 18.4 Å². The van der Waals surface area contributed by atoms with Gasteiger partial charge in [-0.25, -0.2) is 0 Å². The zero-order valence-electron chi connectivity index (χ0n) is 18.7. The number of fused-ring (bicyclic) bond motifs is 1. The van der Waals surface area contributed by atoms with Crippen molar-refractivity contribution in [3.05, 3.63) is 78.1 Å². The molecule has 0 radical (unpaired) electrons. The first-order chi connectivity index (χ1) is 16.0. The van der Waals surface area contributed by atoms with Crippen molar-refractivity contribution in [2.75, 3.05) is 25.3 Å². The number of carbonyl (C=O) groups excluding carboxylic acids is 2. The number of pyridine rings is 1. The normalized spacial score (nSPS) is 17.7. The number of methoxy groups -OCH3 is 2. The predicted molar refractivity (Wildman–Crippen MR) is 128 cm³/mol. The van der Waals surface area contributed by atoms with Gasteiger partial charge in [0.05, 0.1) is 25.5 Å². The summed E-state index contributed by atoms with van der Waals surface area (Å²) in [5.41, 5.74) is 0.799. The van der Waals surface area contributed by atoms with Crippen LogP contribution >= 0.6 is 11.8 Å². The number of rotatable bonds is 6. The topological polar surface area (TPSA) is 80.8 Å². The average Bonchev–Trinajstić information content (AvgIpc) is 2.96. The van der Waals surface area contributed by atoms with E-state index in [0.717, 1.165) is 10.5 Å². The zero-order chi connectivity index (χ0) is 23.4. The fraction of sp³-hybridized carbons (Fsp3) is 0.240. The maximum Gasteiger partial charge on any atom is 0.256 e. The summed E-state index contributed by atoms with van der Waals surface area (Å²) in [5.74, 6) is 0.980. The van der Waals surface area contributed by atoms with E-state index in [9.17, 15) is 9.59 Å². The highest BCUT2D eigenvalue weighted by atomic mass is 32.2. The second-order valence-electron chi connectivity index (χ2n) is 7.83. The summed E-state index contributed by atoms with van der Waals surface area (Å²) in [6, 6.07) is 16.3. The van der Waals surface area contributed by atoms with E-state index in [1.807, 2.05) is 30.3 Å². The number of aromatic nitrogens is 1. The van der Waals surface area contributed by atoms with Gasteiger partial charge in [0.2, 0.25) is 0 Å². The Labute approximate surface area is 197 Å². The summed E-state index contributed by atoms with van der Waals surface area (Å²) in [7, 11) is 3.10. The van der Waals surface area contributed by atoms with Crippen molar-refractivity contribution in [1.29, 1.82) is 0 Å². The SMILES string of the molecule is COc1ccc(NC(=O)C2(C)CSc3ccccc3C(=O)N2Cc2cccnc2)c(OC)c1. The molecule has 7 nitrogen and oxygen atoms in total. The van der Waals surface area contributed by atoms with Crippen LogP contribution in [0, 0.1) is 0 Å². The minimum Gasteiger partial charge on any atom is -0.497 e. The van der Waals surface area contributed by atoms with Crippen LogP contribution in [0.2, 0.25) is 0 Å². The first-order valence-electron chi connectivity index (χ1n) is 10.4. The fourth-order valence-electron chi connectivity index (χ4n) is 3.70. The average molecular weight is 464 g/mol. The van der Waals surface area contributed by atoms with Gasteiger partial charge in [0.15, 0.2) is 0 Å². The summed E-state index contributed by atoms with van der Waals surface area (Å²) < 4.78 is 10.7. The van der Waals surface area contributed by atoms with Crippen molar-refractivity contribution < 1.29 is 19.1 Å². The number of amides is 2. The molecule has 2 aromatic carbocycles. The number of ether oxygens (including phenoxy) is 2. The largest absolute Gasteiger partial charge is 0.497 e. The number of carbonyl (C=O) groups is 2. The minimum absolute atomic E-state index is 0.196. The highest BCUT2D eigenvalue weighted by Gasteiger charge is 2.45. The minimum atomic E-state index is -1.14. The number of anilines is 1. The Morgan fingerprint density at radius 1 is 1.15 bits per heavy atom. The van der Waals surface area contributed by atoms with Crippen LogP contribution in [0.4, 0.5) is 5.69 Å². The molecule has 33 heavy (non-hydrogen) atoms. The van der Waals surface area contributed by atoms with Crippen LogP contribution in [0.5, 0.6) is 11.5 Å². The molecule has 0 spiro atoms. The van der Waals surface area contributed by atoms with E-state index in [0.29, 0.717) is 28.5 Å². The highest BCUT2D eigenvalue weighted by Crippen LogP contribution is 2.37. The van der Waals surface area contributed by atoms with Crippen LogP contribution < -0.4 is 14.8 Å². The van der Waals surface area contributed by atoms with Gasteiger partial charge >= 0.3 is 0 Å². The molecule has 0 fully saturated rings. The number of nitrogens with one attached hydrogen (secondary N) is 1. The van der Waals surface area contributed by atoms with Gasteiger partial charge in [-0.3, -0.25) is 14.6 Å². The van der Waals surface area contributed by atoms with Crippen molar-refractivity contribution in [2.45, 2.75) is 23.9 Å². The maximum absolute atomic E-state index is 13.7. The molecule has 170 valence electrons. The number of thioether (sulfide) groups is 1. The third kappa shape index (κ3) is 4.52. The molecule has 3 aromatic rings. The highest BCUT2D eigenvalue weighted by molar-refractivity contribution is 7.99. The van der Waals surface area contributed by atoms with E-state index >= 15 is 0 Å². The summed E-state index contributed by atoms with van der Waals surface area (Å²) in [6.07, 6.45) is 3.39. The molecule has 1 unspecified atom stereocenters. The molecule has 2 amide bonds. The van der Waals surface area contributed by atoms with Gasteiger partial charge in [0.25, 0.3) is 11.8 Å². The maximum atomic E-state index is 13.7. The van der Waals surface area contributed by atoms with Crippen molar-refractivity contribution >= 4 is 29.3 Å². The van der Waals surface area contributed by atoms with Gasteiger partial charge in [0, 0.05) is 35.7 Å². The molecule has 0 bridgehead atoms. The number of hydrogen-bond acceptors (Lipinski definition) is 6. The molecule has 0 saturated heterocycles. The van der Waals surface area contributed by atoms with E-state index in [4.69, 9.17) is 9.47 Å². The smallest absolute Gasteiger partial charge is 0.256 e. The first kappa shape index (κ1) is 22.7. The third-order valence-corrected chi connectivity index (χ3v) is 7.05. The van der Waals surface area contributed by atoms with Crippen LogP contribution in [-0.4, -0.2) is 47.2 Å². The fourth-order valence-corrected chi connectivity index (χ4v) is 4.91. The Morgan fingerprint density at radius 2 is 1.97 bits per heavy atom. The lowest BCUT2D eigenvalue weighted by molar-refractivity contribution is -0.125. The van der Waals surface area contributed by atoms with E-state index < -0.39 is 5.54 Å². The Kier molecular flexibility index (Phi) is 6.55. The van der Waals surface area contributed by atoms with E-state index in [1.165, 1.54) is 18.9 Å². The Morgan fingerprint density at radius 3 is 2.70 bits per heavy atom. The van der Waals surface area contributed by atoms with E-state index in [2.05, 4.69) is 10.3 Å². The van der Waals surface area contributed by atoms with Gasteiger partial charge in [-0.05, 0) is 42.8 Å². The van der Waals surface area contributed by atoms with Gasteiger partial charge < -0.3 is 19.7 Å². The molecule has 1 N–H and O–H groups in total.